The van der Waals surface area contributed by atoms with E-state index in [1.807, 2.05) is 25.2 Å². The smallest absolute Gasteiger partial charge is 0.302 e. The van der Waals surface area contributed by atoms with E-state index in [1.165, 1.54) is 6.92 Å². The van der Waals surface area contributed by atoms with E-state index < -0.39 is 5.60 Å². The number of hydrogen-bond donors (Lipinski definition) is 1. The SMILES string of the molecule is CCCCC[C@](C)(O)/C=C/[C@H]1C=CC(=O)[C@@H]1C/C=C\CCCCOC(C)=O. The third kappa shape index (κ3) is 10.3. The van der Waals surface area contributed by atoms with Crippen LogP contribution in [0.25, 0.3) is 0 Å². The molecular weight excluding hydrogens is 340 g/mol. The van der Waals surface area contributed by atoms with Gasteiger partial charge in [0, 0.05) is 18.8 Å². The number of ether oxygens (including phenoxy) is 1. The highest BCUT2D eigenvalue weighted by molar-refractivity contribution is 5.95. The van der Waals surface area contributed by atoms with E-state index in [0.717, 1.165) is 44.9 Å². The molecule has 0 unspecified atom stereocenters. The van der Waals surface area contributed by atoms with Crippen molar-refractivity contribution in [2.24, 2.45) is 11.8 Å². The average molecular weight is 377 g/mol. The number of carbonyl (C=O) groups is 2. The Balaban J connectivity index is 2.38. The van der Waals surface area contributed by atoms with Crippen molar-refractivity contribution >= 4 is 11.8 Å². The number of rotatable bonds is 13. The molecule has 1 aliphatic rings. The van der Waals surface area contributed by atoms with Crippen LogP contribution in [0.15, 0.2) is 36.5 Å². The summed E-state index contributed by atoms with van der Waals surface area (Å²) in [5, 5.41) is 10.5. The molecule has 0 bridgehead atoms. The minimum atomic E-state index is -0.809. The summed E-state index contributed by atoms with van der Waals surface area (Å²) in [6.45, 7) is 5.88. The summed E-state index contributed by atoms with van der Waals surface area (Å²) in [4.78, 5) is 22.8. The highest BCUT2D eigenvalue weighted by atomic mass is 16.5. The molecule has 4 heteroatoms. The Labute approximate surface area is 164 Å². The van der Waals surface area contributed by atoms with E-state index in [2.05, 4.69) is 19.1 Å². The zero-order chi connectivity index (χ0) is 20.1. The van der Waals surface area contributed by atoms with E-state index in [-0.39, 0.29) is 23.6 Å². The van der Waals surface area contributed by atoms with E-state index >= 15 is 0 Å². The number of hydrogen-bond acceptors (Lipinski definition) is 4. The van der Waals surface area contributed by atoms with Crippen molar-refractivity contribution < 1.29 is 19.4 Å². The molecule has 0 spiro atoms. The largest absolute Gasteiger partial charge is 0.466 e. The van der Waals surface area contributed by atoms with Gasteiger partial charge in [0.25, 0.3) is 0 Å². The molecule has 0 radical (unpaired) electrons. The summed E-state index contributed by atoms with van der Waals surface area (Å²) < 4.78 is 4.90. The lowest BCUT2D eigenvalue weighted by atomic mass is 9.88. The second-order valence-electron chi connectivity index (χ2n) is 7.66. The summed E-state index contributed by atoms with van der Waals surface area (Å²) >= 11 is 0. The Morgan fingerprint density at radius 3 is 2.74 bits per heavy atom. The standard InChI is InChI=1S/C23H36O4/c1-4-5-10-16-23(3,26)17-15-20-13-14-22(25)21(20)12-9-7-6-8-11-18-27-19(2)24/h7,9,13-15,17,20-21,26H,4-6,8,10-12,16,18H2,1-3H3/b9-7-,17-15+/t20-,21-,23+/m1/s1. The molecule has 0 fully saturated rings. The van der Waals surface area contributed by atoms with Crippen LogP contribution in [0, 0.1) is 11.8 Å². The fraction of sp³-hybridized carbons (Fsp3) is 0.652. The molecule has 0 aliphatic heterocycles. The summed E-state index contributed by atoms with van der Waals surface area (Å²) in [6.07, 6.45) is 19.1. The lowest BCUT2D eigenvalue weighted by Crippen LogP contribution is -2.21. The summed E-state index contributed by atoms with van der Waals surface area (Å²) in [5.41, 5.74) is -0.809. The van der Waals surface area contributed by atoms with Gasteiger partial charge in [-0.2, -0.15) is 0 Å². The predicted molar refractivity (Wildman–Crippen MR) is 109 cm³/mol. The van der Waals surface area contributed by atoms with Crippen molar-refractivity contribution in [3.63, 3.8) is 0 Å². The molecule has 152 valence electrons. The molecular formula is C23H36O4. The summed E-state index contributed by atoms with van der Waals surface area (Å²) in [7, 11) is 0. The Hall–Kier alpha value is -1.68. The van der Waals surface area contributed by atoms with E-state index in [0.29, 0.717) is 13.0 Å². The Morgan fingerprint density at radius 2 is 2.04 bits per heavy atom. The van der Waals surface area contributed by atoms with Crippen molar-refractivity contribution in [2.45, 2.75) is 77.7 Å². The molecule has 0 heterocycles. The molecule has 1 aliphatic carbocycles. The van der Waals surface area contributed by atoms with Crippen molar-refractivity contribution in [2.75, 3.05) is 6.61 Å². The van der Waals surface area contributed by atoms with E-state index in [1.54, 1.807) is 6.08 Å². The van der Waals surface area contributed by atoms with Gasteiger partial charge in [-0.25, -0.2) is 0 Å². The lowest BCUT2D eigenvalue weighted by molar-refractivity contribution is -0.141. The maximum absolute atomic E-state index is 12.1. The Morgan fingerprint density at radius 1 is 1.26 bits per heavy atom. The van der Waals surface area contributed by atoms with Crippen molar-refractivity contribution in [1.29, 1.82) is 0 Å². The first kappa shape index (κ1) is 23.4. The van der Waals surface area contributed by atoms with Gasteiger partial charge in [-0.1, -0.05) is 56.6 Å². The van der Waals surface area contributed by atoms with Gasteiger partial charge in [0.2, 0.25) is 0 Å². The maximum atomic E-state index is 12.1. The first-order valence-corrected chi connectivity index (χ1v) is 10.3. The van der Waals surface area contributed by atoms with Crippen LogP contribution in [0.1, 0.15) is 72.1 Å². The second kappa shape index (κ2) is 12.7. The topological polar surface area (TPSA) is 63.6 Å². The number of ketones is 1. The number of allylic oxidation sites excluding steroid dienone is 5. The first-order chi connectivity index (χ1) is 12.9. The summed E-state index contributed by atoms with van der Waals surface area (Å²) in [6, 6.07) is 0. The molecule has 0 saturated heterocycles. The second-order valence-corrected chi connectivity index (χ2v) is 7.66. The number of aliphatic hydroxyl groups is 1. The van der Waals surface area contributed by atoms with E-state index in [4.69, 9.17) is 4.74 Å². The third-order valence-corrected chi connectivity index (χ3v) is 4.90. The molecule has 0 saturated carbocycles. The molecule has 0 aromatic carbocycles. The van der Waals surface area contributed by atoms with Crippen molar-refractivity contribution in [1.82, 2.24) is 0 Å². The summed E-state index contributed by atoms with van der Waals surface area (Å²) in [5.74, 6) is -0.0789. The quantitative estimate of drug-likeness (QED) is 0.281. The Kier molecular flexibility index (Phi) is 11.0. The molecule has 4 nitrogen and oxygen atoms in total. The highest BCUT2D eigenvalue weighted by Crippen LogP contribution is 2.28. The number of esters is 1. The van der Waals surface area contributed by atoms with Gasteiger partial charge in [-0.15, -0.1) is 0 Å². The van der Waals surface area contributed by atoms with E-state index in [9.17, 15) is 14.7 Å². The van der Waals surface area contributed by atoms with Crippen LogP contribution in [0.4, 0.5) is 0 Å². The van der Waals surface area contributed by atoms with Crippen LogP contribution in [0.3, 0.4) is 0 Å². The van der Waals surface area contributed by atoms with Gasteiger partial charge in [0.05, 0.1) is 12.2 Å². The monoisotopic (exact) mass is 376 g/mol. The normalized spacial score (nSPS) is 22.0. The van der Waals surface area contributed by atoms with Crippen LogP contribution < -0.4 is 0 Å². The van der Waals surface area contributed by atoms with Crippen LogP contribution >= 0.6 is 0 Å². The fourth-order valence-corrected chi connectivity index (χ4v) is 3.20. The van der Waals surface area contributed by atoms with Gasteiger partial charge >= 0.3 is 5.97 Å². The van der Waals surface area contributed by atoms with Crippen molar-refractivity contribution in [3.8, 4) is 0 Å². The van der Waals surface area contributed by atoms with Gasteiger partial charge in [-0.05, 0) is 45.1 Å². The van der Waals surface area contributed by atoms with Crippen LogP contribution in [-0.4, -0.2) is 29.1 Å². The third-order valence-electron chi connectivity index (χ3n) is 4.90. The molecule has 0 aromatic rings. The predicted octanol–water partition coefficient (Wildman–Crippen LogP) is 4.92. The first-order valence-electron chi connectivity index (χ1n) is 10.3. The van der Waals surface area contributed by atoms with Gasteiger partial charge in [0.1, 0.15) is 0 Å². The van der Waals surface area contributed by atoms with Crippen LogP contribution in [-0.2, 0) is 14.3 Å². The lowest BCUT2D eigenvalue weighted by Gasteiger charge is -2.20. The van der Waals surface area contributed by atoms with Gasteiger partial charge in [-0.3, -0.25) is 9.59 Å². The van der Waals surface area contributed by atoms with Crippen LogP contribution in [0.5, 0.6) is 0 Å². The van der Waals surface area contributed by atoms with Crippen LogP contribution in [0.2, 0.25) is 0 Å². The molecule has 27 heavy (non-hydrogen) atoms. The fourth-order valence-electron chi connectivity index (χ4n) is 3.20. The van der Waals surface area contributed by atoms with Gasteiger partial charge in [0.15, 0.2) is 5.78 Å². The zero-order valence-electron chi connectivity index (χ0n) is 17.2. The minimum absolute atomic E-state index is 0.0590. The molecule has 1 N–H and O–H groups in total. The highest BCUT2D eigenvalue weighted by Gasteiger charge is 2.28. The Bertz CT molecular complexity index is 543. The zero-order valence-corrected chi connectivity index (χ0v) is 17.2. The average Bonchev–Trinajstić information content (AvgIpc) is 2.95. The molecule has 3 atom stereocenters. The van der Waals surface area contributed by atoms with Crippen molar-refractivity contribution in [3.05, 3.63) is 36.5 Å². The number of unbranched alkanes of at least 4 members (excludes halogenated alkanes) is 4. The minimum Gasteiger partial charge on any atom is -0.466 e. The molecule has 0 amide bonds. The maximum Gasteiger partial charge on any atom is 0.302 e. The molecule has 0 aromatic heterocycles. The number of carbonyl (C=O) groups excluding carboxylic acids is 2. The van der Waals surface area contributed by atoms with Gasteiger partial charge < -0.3 is 9.84 Å². The molecule has 1 rings (SSSR count).